The summed E-state index contributed by atoms with van der Waals surface area (Å²) in [4.78, 5) is 4.45. The van der Waals surface area contributed by atoms with Crippen LogP contribution in [0.3, 0.4) is 0 Å². The highest BCUT2D eigenvalue weighted by atomic mass is 16.5. The number of hydrogen-bond acceptors (Lipinski definition) is 3. The average molecular weight is 236 g/mol. The van der Waals surface area contributed by atoms with Gasteiger partial charge in [-0.3, -0.25) is 4.98 Å². The number of nitrogens with zero attached hydrogens (tertiary/aromatic N) is 1. The van der Waals surface area contributed by atoms with Crippen molar-refractivity contribution in [3.8, 4) is 5.75 Å². The number of methoxy groups -OCH3 is 1. The number of hydrogen-bond donors (Lipinski definition) is 1. The van der Waals surface area contributed by atoms with Crippen LogP contribution in [0.5, 0.6) is 5.75 Å². The van der Waals surface area contributed by atoms with Crippen molar-refractivity contribution in [2.24, 2.45) is 5.92 Å². The Hall–Kier alpha value is -1.09. The molecule has 1 aromatic rings. The normalized spacial score (nSPS) is 14.4. The van der Waals surface area contributed by atoms with Crippen LogP contribution in [0.15, 0.2) is 18.3 Å². The maximum absolute atomic E-state index is 5.36. The SMILES string of the molecule is CCCNCC(C)C(C)c1ncccc1OC. The van der Waals surface area contributed by atoms with Crippen LogP contribution < -0.4 is 10.1 Å². The third kappa shape index (κ3) is 4.00. The molecule has 1 heterocycles. The predicted octanol–water partition coefficient (Wildman–Crippen LogP) is 2.83. The van der Waals surface area contributed by atoms with Gasteiger partial charge in [0.2, 0.25) is 0 Å². The molecule has 0 saturated heterocycles. The standard InChI is InChI=1S/C14H24N2O/c1-5-8-15-10-11(2)12(3)14-13(17-4)7-6-9-16-14/h6-7,9,11-12,15H,5,8,10H2,1-4H3. The molecule has 0 bridgehead atoms. The van der Waals surface area contributed by atoms with E-state index < -0.39 is 0 Å². The smallest absolute Gasteiger partial charge is 0.140 e. The number of rotatable bonds is 7. The number of nitrogens with one attached hydrogen (secondary N) is 1. The van der Waals surface area contributed by atoms with Crippen molar-refractivity contribution in [2.75, 3.05) is 20.2 Å². The Kier molecular flexibility index (Phi) is 5.98. The summed E-state index contributed by atoms with van der Waals surface area (Å²) in [6.07, 6.45) is 3.01. The molecule has 0 amide bonds. The van der Waals surface area contributed by atoms with Crippen molar-refractivity contribution >= 4 is 0 Å². The van der Waals surface area contributed by atoms with E-state index in [1.807, 2.05) is 18.3 Å². The molecule has 2 unspecified atom stereocenters. The second-order valence-corrected chi connectivity index (χ2v) is 4.56. The summed E-state index contributed by atoms with van der Waals surface area (Å²) in [5.41, 5.74) is 1.06. The quantitative estimate of drug-likeness (QED) is 0.739. The van der Waals surface area contributed by atoms with E-state index in [2.05, 4.69) is 31.1 Å². The Labute approximate surface area is 105 Å². The Bertz CT molecular complexity index is 328. The first-order chi connectivity index (χ1) is 8.20. The van der Waals surface area contributed by atoms with Crippen LogP contribution >= 0.6 is 0 Å². The van der Waals surface area contributed by atoms with E-state index in [9.17, 15) is 0 Å². The Morgan fingerprint density at radius 1 is 1.41 bits per heavy atom. The van der Waals surface area contributed by atoms with Crippen LogP contribution in [-0.2, 0) is 0 Å². The summed E-state index contributed by atoms with van der Waals surface area (Å²) in [6.45, 7) is 8.75. The minimum absolute atomic E-state index is 0.399. The van der Waals surface area contributed by atoms with Crippen molar-refractivity contribution in [2.45, 2.75) is 33.1 Å². The van der Waals surface area contributed by atoms with Crippen LogP contribution in [0.25, 0.3) is 0 Å². The Morgan fingerprint density at radius 2 is 2.18 bits per heavy atom. The highest BCUT2D eigenvalue weighted by molar-refractivity contribution is 5.29. The van der Waals surface area contributed by atoms with Gasteiger partial charge in [0, 0.05) is 12.1 Å². The zero-order valence-corrected chi connectivity index (χ0v) is 11.4. The van der Waals surface area contributed by atoms with Gasteiger partial charge in [0.1, 0.15) is 5.75 Å². The summed E-state index contributed by atoms with van der Waals surface area (Å²) in [5.74, 6) is 1.84. The summed E-state index contributed by atoms with van der Waals surface area (Å²) in [6, 6.07) is 3.89. The molecule has 3 heteroatoms. The van der Waals surface area contributed by atoms with Gasteiger partial charge in [-0.15, -0.1) is 0 Å². The minimum Gasteiger partial charge on any atom is -0.495 e. The van der Waals surface area contributed by atoms with Crippen LogP contribution in [0.4, 0.5) is 0 Å². The molecule has 0 aliphatic heterocycles. The van der Waals surface area contributed by atoms with E-state index in [4.69, 9.17) is 4.74 Å². The Balaban J connectivity index is 2.64. The monoisotopic (exact) mass is 236 g/mol. The molecule has 2 atom stereocenters. The molecule has 0 saturated carbocycles. The highest BCUT2D eigenvalue weighted by Gasteiger charge is 2.18. The Morgan fingerprint density at radius 3 is 2.82 bits per heavy atom. The van der Waals surface area contributed by atoms with Gasteiger partial charge < -0.3 is 10.1 Å². The second kappa shape index (κ2) is 7.28. The first-order valence-electron chi connectivity index (χ1n) is 6.40. The fourth-order valence-corrected chi connectivity index (χ4v) is 1.87. The summed E-state index contributed by atoms with van der Waals surface area (Å²) >= 11 is 0. The second-order valence-electron chi connectivity index (χ2n) is 4.56. The van der Waals surface area contributed by atoms with Crippen LogP contribution in [0.2, 0.25) is 0 Å². The molecule has 1 aromatic heterocycles. The lowest BCUT2D eigenvalue weighted by Gasteiger charge is -2.21. The van der Waals surface area contributed by atoms with Gasteiger partial charge in [0.15, 0.2) is 0 Å². The largest absolute Gasteiger partial charge is 0.495 e. The third-order valence-corrected chi connectivity index (χ3v) is 3.20. The first-order valence-corrected chi connectivity index (χ1v) is 6.40. The number of pyridine rings is 1. The molecule has 0 spiro atoms. The van der Waals surface area contributed by atoms with Crippen molar-refractivity contribution in [1.82, 2.24) is 10.3 Å². The molecule has 0 radical (unpaired) electrons. The van der Waals surface area contributed by atoms with Gasteiger partial charge in [-0.2, -0.15) is 0 Å². The van der Waals surface area contributed by atoms with E-state index in [0.29, 0.717) is 11.8 Å². The molecule has 1 rings (SSSR count). The van der Waals surface area contributed by atoms with Gasteiger partial charge in [-0.1, -0.05) is 20.8 Å². The molecule has 3 nitrogen and oxygen atoms in total. The molecule has 0 aliphatic carbocycles. The van der Waals surface area contributed by atoms with Gasteiger partial charge in [-0.25, -0.2) is 0 Å². The van der Waals surface area contributed by atoms with Crippen molar-refractivity contribution in [3.63, 3.8) is 0 Å². The molecule has 0 aromatic carbocycles. The van der Waals surface area contributed by atoms with Crippen molar-refractivity contribution in [1.29, 1.82) is 0 Å². The van der Waals surface area contributed by atoms with E-state index in [1.165, 1.54) is 6.42 Å². The van der Waals surface area contributed by atoms with Gasteiger partial charge >= 0.3 is 0 Å². The molecular formula is C14H24N2O. The third-order valence-electron chi connectivity index (χ3n) is 3.20. The minimum atomic E-state index is 0.399. The van der Waals surface area contributed by atoms with E-state index in [-0.39, 0.29) is 0 Å². The average Bonchev–Trinajstić information content (AvgIpc) is 2.38. The number of aromatic nitrogens is 1. The maximum Gasteiger partial charge on any atom is 0.140 e. The van der Waals surface area contributed by atoms with E-state index in [0.717, 1.165) is 24.5 Å². The molecule has 0 fully saturated rings. The summed E-state index contributed by atoms with van der Waals surface area (Å²) in [7, 11) is 1.70. The van der Waals surface area contributed by atoms with Gasteiger partial charge in [0.25, 0.3) is 0 Å². The molecule has 1 N–H and O–H groups in total. The molecule has 0 aliphatic rings. The van der Waals surface area contributed by atoms with Crippen LogP contribution in [0.1, 0.15) is 38.8 Å². The topological polar surface area (TPSA) is 34.2 Å². The van der Waals surface area contributed by atoms with Crippen LogP contribution in [-0.4, -0.2) is 25.2 Å². The fraction of sp³-hybridized carbons (Fsp3) is 0.643. The van der Waals surface area contributed by atoms with Gasteiger partial charge in [-0.05, 0) is 37.6 Å². The van der Waals surface area contributed by atoms with Crippen LogP contribution in [0, 0.1) is 5.92 Å². The van der Waals surface area contributed by atoms with Gasteiger partial charge in [0.05, 0.1) is 12.8 Å². The lowest BCUT2D eigenvalue weighted by molar-refractivity contribution is 0.383. The van der Waals surface area contributed by atoms with Crippen molar-refractivity contribution in [3.05, 3.63) is 24.0 Å². The predicted molar refractivity (Wildman–Crippen MR) is 71.5 cm³/mol. The summed E-state index contributed by atoms with van der Waals surface area (Å²) in [5, 5.41) is 3.45. The zero-order chi connectivity index (χ0) is 12.7. The van der Waals surface area contributed by atoms with E-state index in [1.54, 1.807) is 7.11 Å². The lowest BCUT2D eigenvalue weighted by atomic mass is 9.92. The van der Waals surface area contributed by atoms with Crippen molar-refractivity contribution < 1.29 is 4.74 Å². The van der Waals surface area contributed by atoms with E-state index >= 15 is 0 Å². The molecular weight excluding hydrogens is 212 g/mol. The summed E-state index contributed by atoms with van der Waals surface area (Å²) < 4.78 is 5.36. The molecule has 17 heavy (non-hydrogen) atoms. The first kappa shape index (κ1) is 14.0. The maximum atomic E-state index is 5.36. The lowest BCUT2D eigenvalue weighted by Crippen LogP contribution is -2.25. The number of ether oxygens (including phenoxy) is 1. The molecule has 96 valence electrons. The zero-order valence-electron chi connectivity index (χ0n) is 11.4. The highest BCUT2D eigenvalue weighted by Crippen LogP contribution is 2.29. The fourth-order valence-electron chi connectivity index (χ4n) is 1.87.